The third-order valence-electron chi connectivity index (χ3n) is 1.27. The van der Waals surface area contributed by atoms with Gasteiger partial charge in [0.05, 0.1) is 19.3 Å². The summed E-state index contributed by atoms with van der Waals surface area (Å²) in [7, 11) is 0. The number of rotatable bonds is 0. The Labute approximate surface area is 39.6 Å². The van der Waals surface area contributed by atoms with E-state index in [9.17, 15) is 0 Å². The molecule has 1 aliphatic rings. The zero-order valence-electron chi connectivity index (χ0n) is 4.20. The monoisotopic (exact) mass is 82.1 g/mol. The van der Waals surface area contributed by atoms with Crippen molar-refractivity contribution in [3.63, 3.8) is 0 Å². The van der Waals surface area contributed by atoms with Gasteiger partial charge in [0.1, 0.15) is 0 Å². The minimum atomic E-state index is 1.28. The molecule has 0 unspecified atom stereocenters. The van der Waals surface area contributed by atoms with Gasteiger partial charge < -0.3 is 0 Å². The second kappa shape index (κ2) is 1.55. The molecule has 0 aliphatic heterocycles. The highest BCUT2D eigenvalue weighted by Crippen LogP contribution is 2.24. The first-order valence-corrected chi connectivity index (χ1v) is 2.52. The zero-order chi connectivity index (χ0) is 4.41. The van der Waals surface area contributed by atoms with E-state index in [1.165, 1.54) is 19.3 Å². The van der Waals surface area contributed by atoms with Crippen LogP contribution in [0.5, 0.6) is 0 Å². The lowest BCUT2D eigenvalue weighted by Gasteiger charge is -1.84. The van der Waals surface area contributed by atoms with Gasteiger partial charge in [0.2, 0.25) is 0 Å². The molecule has 0 saturated heterocycles. The van der Waals surface area contributed by atoms with Crippen LogP contribution >= 0.6 is 0 Å². The van der Waals surface area contributed by atoms with Crippen LogP contribution in [-0.2, 0) is 0 Å². The molecule has 6 heavy (non-hydrogen) atoms. The average molecular weight is 82.1 g/mol. The van der Waals surface area contributed by atoms with Crippen molar-refractivity contribution in [1.82, 2.24) is 0 Å². The van der Waals surface area contributed by atoms with Crippen molar-refractivity contribution < 1.29 is 0 Å². The summed E-state index contributed by atoms with van der Waals surface area (Å²) in [6.45, 7) is 2.23. The highest BCUT2D eigenvalue weighted by molar-refractivity contribution is 4.97. The zero-order valence-corrected chi connectivity index (χ0v) is 4.20. The molecule has 0 nitrogen and oxygen atoms in total. The highest BCUT2D eigenvalue weighted by Gasteiger charge is 2.16. The number of hydrogen-bond donors (Lipinski definition) is 0. The Balaban J connectivity index is 2.18. The molecule has 1 saturated carbocycles. The normalized spacial score (nSPS) is 24.2. The standard InChI is InChI=1S/C6H10/c1-6-4-2-3-5-6/h2H,3-5H2,1H3/q+1. The van der Waals surface area contributed by atoms with Crippen LogP contribution in [0.25, 0.3) is 0 Å². The third-order valence-corrected chi connectivity index (χ3v) is 1.27. The average Bonchev–Trinajstić information content (AvgIpc) is 1.86. The van der Waals surface area contributed by atoms with E-state index in [0.29, 0.717) is 0 Å². The SMILES string of the molecule is C[C]1C[CH+]CC1. The molecule has 0 atom stereocenters. The molecule has 0 aromatic carbocycles. The summed E-state index contributed by atoms with van der Waals surface area (Å²) in [5.41, 5.74) is 0. The van der Waals surface area contributed by atoms with Crippen molar-refractivity contribution in [3.8, 4) is 0 Å². The summed E-state index contributed by atoms with van der Waals surface area (Å²) in [5.74, 6) is 1.65. The first-order chi connectivity index (χ1) is 2.89. The van der Waals surface area contributed by atoms with E-state index in [0.717, 1.165) is 0 Å². The van der Waals surface area contributed by atoms with E-state index >= 15 is 0 Å². The predicted molar refractivity (Wildman–Crippen MR) is 27.1 cm³/mol. The highest BCUT2D eigenvalue weighted by atomic mass is 14.1. The van der Waals surface area contributed by atoms with Gasteiger partial charge in [0.15, 0.2) is 0 Å². The van der Waals surface area contributed by atoms with Crippen LogP contribution in [0.15, 0.2) is 0 Å². The molecule has 0 N–H and O–H groups in total. The topological polar surface area (TPSA) is 0 Å². The fraction of sp³-hybridized carbons (Fsp3) is 0.667. The smallest absolute Gasteiger partial charge is 0.0547 e. The van der Waals surface area contributed by atoms with Crippen molar-refractivity contribution in [2.75, 3.05) is 0 Å². The minimum absolute atomic E-state index is 1.28. The Morgan fingerprint density at radius 1 is 1.67 bits per heavy atom. The van der Waals surface area contributed by atoms with Crippen molar-refractivity contribution in [2.45, 2.75) is 26.2 Å². The fourth-order valence-corrected chi connectivity index (χ4v) is 0.799. The lowest BCUT2D eigenvalue weighted by Crippen LogP contribution is -1.75. The van der Waals surface area contributed by atoms with Gasteiger partial charge in [0, 0.05) is 5.92 Å². The number of hydrogen-bond acceptors (Lipinski definition) is 0. The molecular weight excluding hydrogens is 72.1 g/mol. The molecule has 0 heterocycles. The molecule has 1 rings (SSSR count). The van der Waals surface area contributed by atoms with Gasteiger partial charge in [-0.1, -0.05) is 6.92 Å². The summed E-state index contributed by atoms with van der Waals surface area (Å²) < 4.78 is 0. The van der Waals surface area contributed by atoms with Crippen LogP contribution < -0.4 is 0 Å². The minimum Gasteiger partial charge on any atom is -0.0547 e. The van der Waals surface area contributed by atoms with Gasteiger partial charge in [-0.15, -0.1) is 0 Å². The van der Waals surface area contributed by atoms with E-state index in [-0.39, 0.29) is 0 Å². The van der Waals surface area contributed by atoms with Crippen LogP contribution in [0.2, 0.25) is 0 Å². The van der Waals surface area contributed by atoms with Crippen LogP contribution in [-0.4, -0.2) is 0 Å². The van der Waals surface area contributed by atoms with Crippen molar-refractivity contribution in [3.05, 3.63) is 12.3 Å². The maximum Gasteiger partial charge on any atom is 0.0937 e. The summed E-state index contributed by atoms with van der Waals surface area (Å²) in [6.07, 6.45) is 6.29. The molecule has 1 radical (unpaired) electrons. The second-order valence-corrected chi connectivity index (χ2v) is 1.99. The fourth-order valence-electron chi connectivity index (χ4n) is 0.799. The maximum absolute atomic E-state index is 2.34. The molecule has 0 heteroatoms. The maximum atomic E-state index is 2.34. The van der Waals surface area contributed by atoms with Crippen LogP contribution in [0.4, 0.5) is 0 Å². The first-order valence-electron chi connectivity index (χ1n) is 2.52. The first kappa shape index (κ1) is 4.04. The second-order valence-electron chi connectivity index (χ2n) is 1.99. The quantitative estimate of drug-likeness (QED) is 0.392. The third kappa shape index (κ3) is 0.675. The largest absolute Gasteiger partial charge is 0.0937 e. The summed E-state index contributed by atoms with van der Waals surface area (Å²) in [4.78, 5) is 0. The summed E-state index contributed by atoms with van der Waals surface area (Å²) in [5, 5.41) is 0. The van der Waals surface area contributed by atoms with Gasteiger partial charge in [-0.2, -0.15) is 0 Å². The van der Waals surface area contributed by atoms with E-state index in [4.69, 9.17) is 0 Å². The Morgan fingerprint density at radius 3 is 2.67 bits per heavy atom. The summed E-state index contributed by atoms with van der Waals surface area (Å²) >= 11 is 0. The molecule has 0 bridgehead atoms. The predicted octanol–water partition coefficient (Wildman–Crippen LogP) is 1.97. The Kier molecular flexibility index (Phi) is 1.04. The summed E-state index contributed by atoms with van der Waals surface area (Å²) in [6, 6.07) is 0. The lowest BCUT2D eigenvalue weighted by molar-refractivity contribution is 0.923. The van der Waals surface area contributed by atoms with E-state index < -0.39 is 0 Å². The molecule has 0 aromatic heterocycles. The molecule has 0 aromatic rings. The van der Waals surface area contributed by atoms with Crippen molar-refractivity contribution in [1.29, 1.82) is 0 Å². The van der Waals surface area contributed by atoms with Gasteiger partial charge in [-0.25, -0.2) is 0 Å². The van der Waals surface area contributed by atoms with E-state index in [2.05, 4.69) is 13.3 Å². The van der Waals surface area contributed by atoms with E-state index in [1.807, 2.05) is 0 Å². The van der Waals surface area contributed by atoms with Crippen LogP contribution in [0.1, 0.15) is 26.2 Å². The van der Waals surface area contributed by atoms with Crippen molar-refractivity contribution in [2.24, 2.45) is 0 Å². The van der Waals surface area contributed by atoms with E-state index in [1.54, 1.807) is 5.92 Å². The van der Waals surface area contributed by atoms with Gasteiger partial charge in [0.25, 0.3) is 0 Å². The Hall–Kier alpha value is -0.130. The van der Waals surface area contributed by atoms with Crippen LogP contribution in [0, 0.1) is 12.3 Å². The molecule has 0 spiro atoms. The van der Waals surface area contributed by atoms with Gasteiger partial charge >= 0.3 is 0 Å². The van der Waals surface area contributed by atoms with Crippen molar-refractivity contribution >= 4 is 0 Å². The lowest BCUT2D eigenvalue weighted by atomic mass is 10.2. The van der Waals surface area contributed by atoms with Gasteiger partial charge in [-0.3, -0.25) is 0 Å². The molecule has 1 aliphatic carbocycles. The Morgan fingerprint density at radius 2 is 2.50 bits per heavy atom. The molecular formula is C6H10+. The van der Waals surface area contributed by atoms with Gasteiger partial charge in [-0.05, 0) is 6.42 Å². The Bertz CT molecular complexity index is 33.3. The molecule has 33 valence electrons. The molecule has 1 fully saturated rings. The van der Waals surface area contributed by atoms with Crippen LogP contribution in [0.3, 0.4) is 0 Å². The molecule has 0 amide bonds.